The highest BCUT2D eigenvalue weighted by atomic mass is 19.2. The van der Waals surface area contributed by atoms with Gasteiger partial charge in [0.15, 0.2) is 17.5 Å². The zero-order valence-corrected chi connectivity index (χ0v) is 12.5. The summed E-state index contributed by atoms with van der Waals surface area (Å²) in [5.41, 5.74) is -0.123. The van der Waals surface area contributed by atoms with Crippen molar-refractivity contribution in [2.24, 2.45) is 5.41 Å². The summed E-state index contributed by atoms with van der Waals surface area (Å²) >= 11 is 0. The van der Waals surface area contributed by atoms with E-state index in [1.807, 2.05) is 13.8 Å². The lowest BCUT2D eigenvalue weighted by molar-refractivity contribution is -0.374. The fourth-order valence-electron chi connectivity index (χ4n) is 2.36. The largest absolute Gasteiger partial charge is 0.340 e. The van der Waals surface area contributed by atoms with Gasteiger partial charge in [-0.15, -0.1) is 0 Å². The van der Waals surface area contributed by atoms with Crippen molar-refractivity contribution >= 4 is 6.08 Å². The lowest BCUT2D eigenvalue weighted by Gasteiger charge is -2.40. The highest BCUT2D eigenvalue weighted by molar-refractivity contribution is 5.50. The fourth-order valence-corrected chi connectivity index (χ4v) is 2.36. The van der Waals surface area contributed by atoms with Gasteiger partial charge in [-0.3, -0.25) is 0 Å². The summed E-state index contributed by atoms with van der Waals surface area (Å²) in [4.78, 5) is 0. The Labute approximate surface area is 127 Å². The molecule has 0 aromatic heterocycles. The molecule has 2 rings (SSSR count). The number of rotatable bonds is 4. The molecule has 122 valence electrons. The molecule has 0 saturated carbocycles. The van der Waals surface area contributed by atoms with Crippen molar-refractivity contribution in [3.05, 3.63) is 41.2 Å². The summed E-state index contributed by atoms with van der Waals surface area (Å²) < 4.78 is 49.7. The molecule has 0 radical (unpaired) electrons. The Hall–Kier alpha value is -1.37. The predicted molar refractivity (Wildman–Crippen MR) is 75.2 cm³/mol. The minimum absolute atomic E-state index is 0.0546. The molecule has 1 aromatic carbocycles. The van der Waals surface area contributed by atoms with E-state index in [9.17, 15) is 18.3 Å². The van der Waals surface area contributed by atoms with Crippen LogP contribution in [0, 0.1) is 22.9 Å². The van der Waals surface area contributed by atoms with E-state index in [0.717, 1.165) is 31.1 Å². The van der Waals surface area contributed by atoms with Gasteiger partial charge in [-0.1, -0.05) is 26.3 Å². The molecule has 3 nitrogen and oxygen atoms in total. The van der Waals surface area contributed by atoms with Crippen molar-refractivity contribution in [3.8, 4) is 0 Å². The van der Waals surface area contributed by atoms with Gasteiger partial charge in [0.25, 0.3) is 0 Å². The maximum Gasteiger partial charge on any atom is 0.302 e. The van der Waals surface area contributed by atoms with Gasteiger partial charge < -0.3 is 14.6 Å². The quantitative estimate of drug-likeness (QED) is 0.862. The third kappa shape index (κ3) is 3.88. The molecule has 1 N–H and O–H groups in total. The topological polar surface area (TPSA) is 38.7 Å². The second kappa shape index (κ2) is 6.40. The lowest BCUT2D eigenvalue weighted by Crippen LogP contribution is -2.47. The molecule has 1 aliphatic heterocycles. The molecule has 0 amide bonds. The van der Waals surface area contributed by atoms with Crippen LogP contribution in [0.4, 0.5) is 13.2 Å². The van der Waals surface area contributed by atoms with Crippen LogP contribution in [0.15, 0.2) is 18.2 Å². The second-order valence-corrected chi connectivity index (χ2v) is 5.90. The van der Waals surface area contributed by atoms with Crippen LogP contribution in [0.5, 0.6) is 0 Å². The number of benzene rings is 1. The van der Waals surface area contributed by atoms with Crippen LogP contribution in [0.3, 0.4) is 0 Å². The average Bonchev–Trinajstić information content (AvgIpc) is 2.47. The Morgan fingerprint density at radius 2 is 1.73 bits per heavy atom. The summed E-state index contributed by atoms with van der Waals surface area (Å²) in [7, 11) is 0. The lowest BCUT2D eigenvalue weighted by atomic mass is 9.87. The monoisotopic (exact) mass is 316 g/mol. The first-order valence-corrected chi connectivity index (χ1v) is 7.11. The average molecular weight is 316 g/mol. The van der Waals surface area contributed by atoms with Gasteiger partial charge in [-0.25, -0.2) is 13.2 Å². The number of aliphatic hydroxyl groups is 1. The van der Waals surface area contributed by atoms with E-state index in [2.05, 4.69) is 0 Å². The Morgan fingerprint density at radius 3 is 2.23 bits per heavy atom. The van der Waals surface area contributed by atoms with Crippen molar-refractivity contribution in [2.75, 3.05) is 13.2 Å². The van der Waals surface area contributed by atoms with Gasteiger partial charge in [0, 0.05) is 11.5 Å². The minimum Gasteiger partial charge on any atom is -0.340 e. The van der Waals surface area contributed by atoms with Crippen LogP contribution in [0.2, 0.25) is 0 Å². The maximum absolute atomic E-state index is 13.1. The molecule has 0 aliphatic carbocycles. The molecule has 1 fully saturated rings. The molecule has 6 heteroatoms. The van der Waals surface area contributed by atoms with Crippen molar-refractivity contribution in [2.45, 2.75) is 32.7 Å². The summed E-state index contributed by atoms with van der Waals surface area (Å²) in [5.74, 6) is -6.08. The number of ether oxygens (including phenoxy) is 2. The third-order valence-corrected chi connectivity index (χ3v) is 3.60. The Kier molecular flexibility index (Phi) is 4.94. The van der Waals surface area contributed by atoms with Crippen molar-refractivity contribution in [1.82, 2.24) is 0 Å². The molecule has 1 aromatic rings. The van der Waals surface area contributed by atoms with E-state index in [0.29, 0.717) is 13.2 Å². The smallest absolute Gasteiger partial charge is 0.302 e. The molecular formula is C16H19F3O3. The third-order valence-electron chi connectivity index (χ3n) is 3.60. The molecule has 1 aliphatic rings. The SMILES string of the molecule is CCCC1(C)COC(O)(/C=C/c2cc(F)c(F)c(F)c2)OC1. The van der Waals surface area contributed by atoms with Gasteiger partial charge in [0.1, 0.15) is 0 Å². The van der Waals surface area contributed by atoms with E-state index in [-0.39, 0.29) is 11.0 Å². The van der Waals surface area contributed by atoms with Crippen LogP contribution in [-0.4, -0.2) is 24.3 Å². The Bertz CT molecular complexity index is 541. The molecular weight excluding hydrogens is 297 g/mol. The van der Waals surface area contributed by atoms with E-state index in [1.165, 1.54) is 6.08 Å². The normalized spacial score (nSPS) is 29.2. The summed E-state index contributed by atoms with van der Waals surface area (Å²) in [6.45, 7) is 4.63. The summed E-state index contributed by atoms with van der Waals surface area (Å²) in [6.07, 6.45) is 4.21. The van der Waals surface area contributed by atoms with Gasteiger partial charge in [0.05, 0.1) is 13.2 Å². The van der Waals surface area contributed by atoms with Crippen molar-refractivity contribution < 1.29 is 27.8 Å². The zero-order chi connectivity index (χ0) is 16.4. The Morgan fingerprint density at radius 1 is 1.18 bits per heavy atom. The second-order valence-electron chi connectivity index (χ2n) is 5.90. The van der Waals surface area contributed by atoms with E-state index in [4.69, 9.17) is 9.47 Å². The molecule has 22 heavy (non-hydrogen) atoms. The van der Waals surface area contributed by atoms with Gasteiger partial charge >= 0.3 is 5.97 Å². The van der Waals surface area contributed by atoms with Crippen LogP contribution in [0.1, 0.15) is 32.3 Å². The van der Waals surface area contributed by atoms with E-state index < -0.39 is 23.4 Å². The maximum atomic E-state index is 13.1. The van der Waals surface area contributed by atoms with E-state index in [1.54, 1.807) is 0 Å². The van der Waals surface area contributed by atoms with E-state index >= 15 is 0 Å². The first kappa shape index (κ1) is 17.0. The number of hydrogen-bond acceptors (Lipinski definition) is 3. The predicted octanol–water partition coefficient (Wildman–Crippen LogP) is 3.62. The van der Waals surface area contributed by atoms with Gasteiger partial charge in [-0.05, 0) is 24.1 Å². The molecule has 0 atom stereocenters. The molecule has 1 saturated heterocycles. The Balaban J connectivity index is 2.07. The summed E-state index contributed by atoms with van der Waals surface area (Å²) in [6, 6.07) is 1.64. The molecule has 0 bridgehead atoms. The zero-order valence-electron chi connectivity index (χ0n) is 12.5. The van der Waals surface area contributed by atoms with Crippen LogP contribution < -0.4 is 0 Å². The molecule has 1 heterocycles. The molecule has 0 unspecified atom stereocenters. The standard InChI is InChI=1S/C16H19F3O3/c1-3-5-15(2)9-21-16(20,22-10-15)6-4-11-7-12(17)14(19)13(18)8-11/h4,6-8,20H,3,5,9-10H2,1-2H3/b6-4+. The van der Waals surface area contributed by atoms with Gasteiger partial charge in [0.2, 0.25) is 0 Å². The van der Waals surface area contributed by atoms with Crippen molar-refractivity contribution in [1.29, 1.82) is 0 Å². The van der Waals surface area contributed by atoms with Gasteiger partial charge in [-0.2, -0.15) is 0 Å². The van der Waals surface area contributed by atoms with Crippen LogP contribution >= 0.6 is 0 Å². The highest BCUT2D eigenvalue weighted by Gasteiger charge is 2.39. The number of halogens is 3. The van der Waals surface area contributed by atoms with Crippen LogP contribution in [-0.2, 0) is 9.47 Å². The highest BCUT2D eigenvalue weighted by Crippen LogP contribution is 2.33. The first-order chi connectivity index (χ1) is 10.3. The fraction of sp³-hybridized carbons (Fsp3) is 0.500. The number of hydrogen-bond donors (Lipinski definition) is 1. The molecule has 0 spiro atoms. The summed E-state index contributed by atoms with van der Waals surface area (Å²) in [5, 5.41) is 10.1. The first-order valence-electron chi connectivity index (χ1n) is 7.11. The van der Waals surface area contributed by atoms with Crippen LogP contribution in [0.25, 0.3) is 6.08 Å². The van der Waals surface area contributed by atoms with Crippen molar-refractivity contribution in [3.63, 3.8) is 0 Å². The minimum atomic E-state index is -1.95.